The number of nitro groups is 1. The molecule has 0 unspecified atom stereocenters. The Labute approximate surface area is 108 Å². The van der Waals surface area contributed by atoms with E-state index in [1.807, 2.05) is 5.38 Å². The van der Waals surface area contributed by atoms with E-state index in [0.717, 1.165) is 6.42 Å². The molecule has 2 aromatic rings. The minimum Gasteiger partial charge on any atom is -0.358 e. The van der Waals surface area contributed by atoms with Gasteiger partial charge in [0.05, 0.1) is 11.5 Å². The van der Waals surface area contributed by atoms with Crippen molar-refractivity contribution in [2.75, 3.05) is 5.32 Å². The average molecular weight is 266 g/mol. The molecule has 18 heavy (non-hydrogen) atoms. The van der Waals surface area contributed by atoms with Crippen LogP contribution in [-0.2, 0) is 20.0 Å². The number of rotatable bonds is 5. The predicted molar refractivity (Wildman–Crippen MR) is 70.9 cm³/mol. The van der Waals surface area contributed by atoms with Gasteiger partial charge in [0.1, 0.15) is 6.20 Å². The van der Waals surface area contributed by atoms with Crippen molar-refractivity contribution in [1.82, 2.24) is 9.78 Å². The summed E-state index contributed by atoms with van der Waals surface area (Å²) in [6.45, 7) is 2.66. The lowest BCUT2D eigenvalue weighted by Gasteiger charge is -2.03. The fourth-order valence-electron chi connectivity index (χ4n) is 1.74. The number of nitrogens with zero attached hydrogens (tertiary/aromatic N) is 3. The molecule has 0 fully saturated rings. The van der Waals surface area contributed by atoms with Crippen LogP contribution in [0.3, 0.4) is 0 Å². The van der Waals surface area contributed by atoms with Crippen molar-refractivity contribution < 1.29 is 4.92 Å². The Kier molecular flexibility index (Phi) is 3.61. The van der Waals surface area contributed by atoms with Crippen LogP contribution in [0.5, 0.6) is 0 Å². The van der Waals surface area contributed by atoms with Crippen LogP contribution in [0.15, 0.2) is 17.6 Å². The second-order valence-electron chi connectivity index (χ2n) is 3.87. The molecule has 0 aromatic carbocycles. The zero-order valence-corrected chi connectivity index (χ0v) is 11.0. The maximum Gasteiger partial charge on any atom is 0.330 e. The molecule has 6 nitrogen and oxygen atoms in total. The van der Waals surface area contributed by atoms with E-state index in [2.05, 4.69) is 23.4 Å². The van der Waals surface area contributed by atoms with Gasteiger partial charge in [0, 0.05) is 11.9 Å². The normalized spacial score (nSPS) is 10.6. The van der Waals surface area contributed by atoms with Gasteiger partial charge in [0.2, 0.25) is 5.82 Å². The Balaban J connectivity index is 2.13. The molecule has 2 aromatic heterocycles. The Hall–Kier alpha value is -1.89. The average Bonchev–Trinajstić information content (AvgIpc) is 2.91. The van der Waals surface area contributed by atoms with Crippen LogP contribution in [0.2, 0.25) is 0 Å². The highest BCUT2D eigenvalue weighted by Crippen LogP contribution is 2.24. The fraction of sp³-hybridized carbons (Fsp3) is 0.364. The van der Waals surface area contributed by atoms with Gasteiger partial charge in [-0.25, -0.2) is 0 Å². The first-order chi connectivity index (χ1) is 8.61. The smallest absolute Gasteiger partial charge is 0.330 e. The first kappa shape index (κ1) is 12.6. The van der Waals surface area contributed by atoms with Gasteiger partial charge in [-0.2, -0.15) is 0 Å². The summed E-state index contributed by atoms with van der Waals surface area (Å²) in [5.41, 5.74) is 1.28. The van der Waals surface area contributed by atoms with E-state index >= 15 is 0 Å². The van der Waals surface area contributed by atoms with Gasteiger partial charge in [-0.05, 0) is 23.4 Å². The molecule has 0 spiro atoms. The Morgan fingerprint density at radius 3 is 3.06 bits per heavy atom. The van der Waals surface area contributed by atoms with Crippen molar-refractivity contribution in [2.45, 2.75) is 19.9 Å². The SMILES string of the molecule is CCc1ccsc1CNc1nn(C)cc1[N+](=O)[O-]. The predicted octanol–water partition coefficient (Wildman–Crippen LogP) is 2.56. The standard InChI is InChI=1S/C11H14N4O2S/c1-3-8-4-5-18-10(8)6-12-11-9(15(16)17)7-14(2)13-11/h4-5,7H,3,6H2,1-2H3,(H,12,13). The van der Waals surface area contributed by atoms with E-state index in [9.17, 15) is 10.1 Å². The lowest BCUT2D eigenvalue weighted by molar-refractivity contribution is -0.384. The maximum absolute atomic E-state index is 10.8. The van der Waals surface area contributed by atoms with Crippen molar-refractivity contribution in [3.63, 3.8) is 0 Å². The maximum atomic E-state index is 10.8. The Morgan fingerprint density at radius 1 is 1.61 bits per heavy atom. The van der Waals surface area contributed by atoms with Gasteiger partial charge < -0.3 is 5.32 Å². The molecule has 0 aliphatic heterocycles. The van der Waals surface area contributed by atoms with Crippen LogP contribution in [-0.4, -0.2) is 14.7 Å². The third-order valence-corrected chi connectivity index (χ3v) is 3.60. The molecule has 0 amide bonds. The van der Waals surface area contributed by atoms with Crippen molar-refractivity contribution in [3.8, 4) is 0 Å². The van der Waals surface area contributed by atoms with Gasteiger partial charge in [-0.1, -0.05) is 6.92 Å². The highest BCUT2D eigenvalue weighted by atomic mass is 32.1. The Bertz CT molecular complexity index is 561. The minimum absolute atomic E-state index is 0.00658. The summed E-state index contributed by atoms with van der Waals surface area (Å²) in [4.78, 5) is 11.6. The van der Waals surface area contributed by atoms with Crippen LogP contribution in [0.25, 0.3) is 0 Å². The van der Waals surface area contributed by atoms with Crippen molar-refractivity contribution >= 4 is 22.8 Å². The van der Waals surface area contributed by atoms with Gasteiger partial charge >= 0.3 is 5.69 Å². The van der Waals surface area contributed by atoms with Crippen LogP contribution in [0.1, 0.15) is 17.4 Å². The van der Waals surface area contributed by atoms with Crippen LogP contribution < -0.4 is 5.32 Å². The molecule has 96 valence electrons. The van der Waals surface area contributed by atoms with Crippen LogP contribution in [0.4, 0.5) is 11.5 Å². The molecule has 0 saturated carbocycles. The second-order valence-corrected chi connectivity index (χ2v) is 4.87. The van der Waals surface area contributed by atoms with Crippen LogP contribution in [0, 0.1) is 10.1 Å². The molecule has 0 aliphatic rings. The monoisotopic (exact) mass is 266 g/mol. The van der Waals surface area contributed by atoms with Crippen LogP contribution >= 0.6 is 11.3 Å². The molecule has 2 heterocycles. The van der Waals surface area contributed by atoms with Gasteiger partial charge in [-0.3, -0.25) is 14.8 Å². The zero-order chi connectivity index (χ0) is 13.1. The number of hydrogen-bond acceptors (Lipinski definition) is 5. The number of nitrogens with one attached hydrogen (secondary N) is 1. The van der Waals surface area contributed by atoms with E-state index < -0.39 is 4.92 Å². The number of aromatic nitrogens is 2. The number of thiophene rings is 1. The molecule has 0 atom stereocenters. The molecule has 2 rings (SSSR count). The van der Waals surface area contributed by atoms with Crippen molar-refractivity contribution in [3.05, 3.63) is 38.2 Å². The highest BCUT2D eigenvalue weighted by molar-refractivity contribution is 7.10. The van der Waals surface area contributed by atoms with Gasteiger partial charge in [-0.15, -0.1) is 16.4 Å². The lowest BCUT2D eigenvalue weighted by Crippen LogP contribution is -2.02. The first-order valence-corrected chi connectivity index (χ1v) is 6.47. The van der Waals surface area contributed by atoms with Crippen molar-refractivity contribution in [2.24, 2.45) is 7.05 Å². The van der Waals surface area contributed by atoms with Crippen molar-refractivity contribution in [1.29, 1.82) is 0 Å². The fourth-order valence-corrected chi connectivity index (χ4v) is 2.65. The third-order valence-electron chi connectivity index (χ3n) is 2.64. The molecule has 0 aliphatic carbocycles. The topological polar surface area (TPSA) is 73.0 Å². The van der Waals surface area contributed by atoms with Gasteiger partial charge in [0.15, 0.2) is 0 Å². The second kappa shape index (κ2) is 5.18. The summed E-state index contributed by atoms with van der Waals surface area (Å²) in [6, 6.07) is 2.08. The summed E-state index contributed by atoms with van der Waals surface area (Å²) in [6.07, 6.45) is 2.36. The zero-order valence-electron chi connectivity index (χ0n) is 10.2. The number of aryl methyl sites for hydroxylation is 2. The van der Waals surface area contributed by atoms with E-state index in [1.165, 1.54) is 21.3 Å². The molecule has 7 heteroatoms. The molecule has 1 N–H and O–H groups in total. The Morgan fingerprint density at radius 2 is 2.39 bits per heavy atom. The number of hydrogen-bond donors (Lipinski definition) is 1. The summed E-state index contributed by atoms with van der Waals surface area (Å²) in [7, 11) is 1.67. The summed E-state index contributed by atoms with van der Waals surface area (Å²) < 4.78 is 1.44. The van der Waals surface area contributed by atoms with E-state index in [0.29, 0.717) is 12.4 Å². The quantitative estimate of drug-likeness (QED) is 0.666. The largest absolute Gasteiger partial charge is 0.358 e. The van der Waals surface area contributed by atoms with E-state index in [4.69, 9.17) is 0 Å². The number of anilines is 1. The molecule has 0 bridgehead atoms. The minimum atomic E-state index is -0.426. The lowest BCUT2D eigenvalue weighted by atomic mass is 10.2. The summed E-state index contributed by atoms with van der Waals surface area (Å²) >= 11 is 1.65. The molecular formula is C11H14N4O2S. The van der Waals surface area contributed by atoms with E-state index in [1.54, 1.807) is 18.4 Å². The third kappa shape index (κ3) is 2.51. The summed E-state index contributed by atoms with van der Waals surface area (Å²) in [5, 5.41) is 19.9. The first-order valence-electron chi connectivity index (χ1n) is 5.59. The highest BCUT2D eigenvalue weighted by Gasteiger charge is 2.18. The molecule has 0 radical (unpaired) electrons. The molecule has 0 saturated heterocycles. The van der Waals surface area contributed by atoms with Gasteiger partial charge in [0.25, 0.3) is 0 Å². The summed E-state index contributed by atoms with van der Waals surface area (Å²) in [5.74, 6) is 0.318. The molecular weight excluding hydrogens is 252 g/mol. The van der Waals surface area contributed by atoms with E-state index in [-0.39, 0.29) is 5.69 Å².